The number of likely N-dealkylation sites (tertiary alicyclic amines) is 1. The number of carboxylic acid groups (broad SMARTS) is 1. The highest BCUT2D eigenvalue weighted by Crippen LogP contribution is 2.31. The van der Waals surface area contributed by atoms with Gasteiger partial charge in [0.1, 0.15) is 11.5 Å². The molecule has 204 valence electrons. The molecule has 3 N–H and O–H groups in total. The molecule has 0 bridgehead atoms. The molecule has 12 heteroatoms. The van der Waals surface area contributed by atoms with Crippen molar-refractivity contribution in [2.24, 2.45) is 5.41 Å². The van der Waals surface area contributed by atoms with Crippen molar-refractivity contribution in [3.05, 3.63) is 46.7 Å². The van der Waals surface area contributed by atoms with Gasteiger partial charge in [0.05, 0.1) is 11.2 Å². The van der Waals surface area contributed by atoms with Gasteiger partial charge >= 0.3 is 5.97 Å². The molecule has 0 spiro atoms. The van der Waals surface area contributed by atoms with Crippen LogP contribution in [0.1, 0.15) is 55.6 Å². The van der Waals surface area contributed by atoms with E-state index in [9.17, 15) is 24.3 Å². The van der Waals surface area contributed by atoms with Crippen LogP contribution in [0.15, 0.2) is 35.6 Å². The molecule has 0 radical (unpaired) electrons. The van der Waals surface area contributed by atoms with Crippen LogP contribution in [-0.2, 0) is 20.8 Å². The first-order valence-corrected chi connectivity index (χ1v) is 14.0. The van der Waals surface area contributed by atoms with E-state index in [-0.39, 0.29) is 35.9 Å². The molecule has 2 aromatic rings. The van der Waals surface area contributed by atoms with Crippen LogP contribution in [0.4, 0.5) is 5.69 Å². The molecule has 1 aromatic carbocycles. The normalized spacial score (nSPS) is 14.2. The van der Waals surface area contributed by atoms with Crippen molar-refractivity contribution >= 4 is 52.7 Å². The van der Waals surface area contributed by atoms with Crippen LogP contribution < -0.4 is 10.6 Å². The van der Waals surface area contributed by atoms with Gasteiger partial charge in [-0.1, -0.05) is 49.3 Å². The summed E-state index contributed by atoms with van der Waals surface area (Å²) in [5.41, 5.74) is -0.167. The second-order valence-electron chi connectivity index (χ2n) is 9.06. The molecule has 10 nitrogen and oxygen atoms in total. The Morgan fingerprint density at radius 2 is 1.76 bits per heavy atom. The van der Waals surface area contributed by atoms with Crippen LogP contribution in [0.5, 0.6) is 0 Å². The molecule has 1 atom stereocenters. The molecule has 1 aliphatic heterocycles. The van der Waals surface area contributed by atoms with Crippen LogP contribution in [0.3, 0.4) is 0 Å². The lowest BCUT2D eigenvalue weighted by Gasteiger charge is -2.34. The number of nitrogens with one attached hydrogen (secondary N) is 2. The number of rotatable bonds is 11. The molecule has 0 aliphatic carbocycles. The molecule has 3 amide bonds. The highest BCUT2D eigenvalue weighted by molar-refractivity contribution is 7.98. The highest BCUT2D eigenvalue weighted by Gasteiger charge is 2.46. The summed E-state index contributed by atoms with van der Waals surface area (Å²) < 4.78 is 0. The minimum Gasteiger partial charge on any atom is -0.480 e. The zero-order valence-corrected chi connectivity index (χ0v) is 23.2. The third kappa shape index (κ3) is 6.63. The third-order valence-electron chi connectivity index (χ3n) is 6.82. The fourth-order valence-corrected chi connectivity index (χ4v) is 4.97. The Kier molecular flexibility index (Phi) is 10.1. The Morgan fingerprint density at radius 3 is 2.32 bits per heavy atom. The minimum absolute atomic E-state index is 0.00549. The van der Waals surface area contributed by atoms with Crippen molar-refractivity contribution in [3.63, 3.8) is 0 Å². The molecule has 38 heavy (non-hydrogen) atoms. The maximum atomic E-state index is 13.3. The summed E-state index contributed by atoms with van der Waals surface area (Å²) in [6.07, 6.45) is 5.51. The molecule has 0 saturated carbocycles. The topological polar surface area (TPSA) is 142 Å². The number of amides is 3. The van der Waals surface area contributed by atoms with Crippen molar-refractivity contribution in [2.75, 3.05) is 24.7 Å². The quantitative estimate of drug-likeness (QED) is 0.214. The van der Waals surface area contributed by atoms with Crippen molar-refractivity contribution in [3.8, 4) is 0 Å². The van der Waals surface area contributed by atoms with E-state index in [4.69, 9.17) is 11.6 Å². The average molecular weight is 562 g/mol. The van der Waals surface area contributed by atoms with Gasteiger partial charge in [-0.15, -0.1) is 0 Å². The number of halogens is 1. The van der Waals surface area contributed by atoms with E-state index in [2.05, 4.69) is 20.6 Å². The average Bonchev–Trinajstić information content (AvgIpc) is 3.45. The van der Waals surface area contributed by atoms with Gasteiger partial charge in [-0.3, -0.25) is 14.4 Å². The molecule has 1 aliphatic rings. The zero-order chi connectivity index (χ0) is 27.9. The highest BCUT2D eigenvalue weighted by atomic mass is 35.5. The third-order valence-corrected chi connectivity index (χ3v) is 7.66. The Balaban J connectivity index is 1.69. The minimum atomic E-state index is -1.30. The van der Waals surface area contributed by atoms with E-state index in [1.165, 1.54) is 18.0 Å². The van der Waals surface area contributed by atoms with E-state index < -0.39 is 29.2 Å². The Morgan fingerprint density at radius 1 is 1.13 bits per heavy atom. The lowest BCUT2D eigenvalue weighted by molar-refractivity contribution is -0.153. The Hall–Kier alpha value is -3.18. The Labute approximate surface area is 230 Å². The molecule has 1 saturated heterocycles. The fourth-order valence-electron chi connectivity index (χ4n) is 4.45. The summed E-state index contributed by atoms with van der Waals surface area (Å²) in [6.45, 7) is 4.77. The van der Waals surface area contributed by atoms with E-state index in [0.29, 0.717) is 29.5 Å². The zero-order valence-electron chi connectivity index (χ0n) is 21.6. The van der Waals surface area contributed by atoms with Crippen LogP contribution >= 0.6 is 23.4 Å². The summed E-state index contributed by atoms with van der Waals surface area (Å²) in [7, 11) is 0. The SMILES string of the molecule is CCC(CC)(C(=O)NC(Cc1ccc(NC(=O)c2nc(SC)ncc2Cl)cc1)C(=O)O)C(=O)N1CCCC1. The number of hydrogen-bond acceptors (Lipinski definition) is 7. The first-order chi connectivity index (χ1) is 18.1. The van der Waals surface area contributed by atoms with Crippen molar-refractivity contribution in [1.82, 2.24) is 20.2 Å². The van der Waals surface area contributed by atoms with Gasteiger partial charge in [0.2, 0.25) is 11.8 Å². The smallest absolute Gasteiger partial charge is 0.326 e. The standard InChI is InChI=1S/C26H32ClN5O5S/c1-4-26(5-2,24(37)32-12-6-7-13-32)23(36)30-19(22(34)35)14-16-8-10-17(11-9-16)29-21(33)20-18(27)15-28-25(31-20)38-3/h8-11,15,19H,4-7,12-14H2,1-3H3,(H,29,33)(H,30,36)(H,34,35). The summed E-state index contributed by atoms with van der Waals surface area (Å²) in [5.74, 6) is -2.51. The number of nitrogens with zero attached hydrogens (tertiary/aromatic N) is 3. The maximum absolute atomic E-state index is 13.3. The predicted octanol–water partition coefficient (Wildman–Crippen LogP) is 3.64. The second kappa shape index (κ2) is 13.1. The number of aromatic nitrogens is 2. The number of hydrogen-bond donors (Lipinski definition) is 3. The second-order valence-corrected chi connectivity index (χ2v) is 10.2. The Bertz CT molecular complexity index is 1180. The fraction of sp³-hybridized carbons (Fsp3) is 0.462. The van der Waals surface area contributed by atoms with E-state index in [1.807, 2.05) is 0 Å². The summed E-state index contributed by atoms with van der Waals surface area (Å²) in [5, 5.41) is 15.7. The molecule has 1 aromatic heterocycles. The van der Waals surface area contributed by atoms with Gasteiger partial charge in [0.15, 0.2) is 10.9 Å². The first kappa shape index (κ1) is 29.4. The van der Waals surface area contributed by atoms with Gasteiger partial charge < -0.3 is 20.6 Å². The van der Waals surface area contributed by atoms with E-state index in [0.717, 1.165) is 12.8 Å². The number of thioether (sulfide) groups is 1. The molecule has 3 rings (SSSR count). The maximum Gasteiger partial charge on any atom is 0.326 e. The van der Waals surface area contributed by atoms with Crippen molar-refractivity contribution in [1.29, 1.82) is 0 Å². The predicted molar refractivity (Wildman–Crippen MR) is 145 cm³/mol. The molecule has 1 fully saturated rings. The van der Waals surface area contributed by atoms with Crippen LogP contribution in [0, 0.1) is 5.41 Å². The molecule has 2 heterocycles. The summed E-state index contributed by atoms with van der Waals surface area (Å²) >= 11 is 7.35. The van der Waals surface area contributed by atoms with Gasteiger partial charge in [-0.05, 0) is 49.6 Å². The van der Waals surface area contributed by atoms with Crippen molar-refractivity contribution < 1.29 is 24.3 Å². The van der Waals surface area contributed by atoms with Gasteiger partial charge in [0, 0.05) is 25.2 Å². The monoisotopic (exact) mass is 561 g/mol. The lowest BCUT2D eigenvalue weighted by atomic mass is 9.79. The van der Waals surface area contributed by atoms with Crippen LogP contribution in [0.25, 0.3) is 0 Å². The molecular weight excluding hydrogens is 530 g/mol. The number of carboxylic acids is 1. The molecule has 1 unspecified atom stereocenters. The first-order valence-electron chi connectivity index (χ1n) is 12.4. The lowest BCUT2D eigenvalue weighted by Crippen LogP contribution is -2.55. The van der Waals surface area contributed by atoms with E-state index >= 15 is 0 Å². The number of benzene rings is 1. The number of carbonyl (C=O) groups excluding carboxylic acids is 3. The number of anilines is 1. The van der Waals surface area contributed by atoms with Gasteiger partial charge in [0.25, 0.3) is 5.91 Å². The number of aliphatic carboxylic acids is 1. The summed E-state index contributed by atoms with van der Waals surface area (Å²) in [4.78, 5) is 61.1. The summed E-state index contributed by atoms with van der Waals surface area (Å²) in [6, 6.07) is 5.34. The van der Waals surface area contributed by atoms with Crippen LogP contribution in [0.2, 0.25) is 5.02 Å². The van der Waals surface area contributed by atoms with Crippen LogP contribution in [-0.4, -0.2) is 69.1 Å². The largest absolute Gasteiger partial charge is 0.480 e. The van der Waals surface area contributed by atoms with E-state index in [1.54, 1.807) is 49.3 Å². The van der Waals surface area contributed by atoms with Crippen molar-refractivity contribution in [2.45, 2.75) is 57.1 Å². The molecular formula is C26H32ClN5O5S. The van der Waals surface area contributed by atoms with Gasteiger partial charge in [-0.2, -0.15) is 0 Å². The number of carbonyl (C=O) groups is 4. The van der Waals surface area contributed by atoms with Gasteiger partial charge in [-0.25, -0.2) is 14.8 Å².